The van der Waals surface area contributed by atoms with E-state index in [1.165, 1.54) is 42.4 Å². The third-order valence-electron chi connectivity index (χ3n) is 6.01. The largest absolute Gasteiger partial charge is 0.494 e. The summed E-state index contributed by atoms with van der Waals surface area (Å²) in [5.41, 5.74) is 3.96. The smallest absolute Gasteiger partial charge is 0.119 e. The van der Waals surface area contributed by atoms with E-state index in [1.807, 2.05) is 0 Å². The summed E-state index contributed by atoms with van der Waals surface area (Å²) in [6.07, 6.45) is 11.6. The van der Waals surface area contributed by atoms with Crippen LogP contribution in [0.3, 0.4) is 0 Å². The second-order valence-corrected chi connectivity index (χ2v) is 8.01. The third kappa shape index (κ3) is 5.95. The zero-order chi connectivity index (χ0) is 19.6. The van der Waals surface area contributed by atoms with E-state index in [0.29, 0.717) is 12.2 Å². The topological polar surface area (TPSA) is 9.23 Å². The van der Waals surface area contributed by atoms with Crippen molar-refractivity contribution in [3.63, 3.8) is 0 Å². The predicted molar refractivity (Wildman–Crippen MR) is 116 cm³/mol. The maximum Gasteiger partial charge on any atom is 0.119 e. The van der Waals surface area contributed by atoms with Crippen LogP contribution >= 0.6 is 0 Å². The first-order chi connectivity index (χ1) is 13.8. The Bertz CT molecular complexity index is 709. The molecule has 0 N–H and O–H groups in total. The molecule has 0 bridgehead atoms. The molecule has 1 aliphatic carbocycles. The fourth-order valence-corrected chi connectivity index (χ4v) is 4.21. The summed E-state index contributed by atoms with van der Waals surface area (Å²) in [5, 5.41) is 0. The van der Waals surface area contributed by atoms with E-state index in [-0.39, 0.29) is 0 Å². The maximum absolute atomic E-state index is 12.1. The molecule has 3 rings (SSSR count). The second-order valence-electron chi connectivity index (χ2n) is 8.01. The first-order valence-electron chi connectivity index (χ1n) is 10.9. The van der Waals surface area contributed by atoms with E-state index in [0.717, 1.165) is 44.0 Å². The lowest BCUT2D eigenvalue weighted by Gasteiger charge is -2.28. The Hall–Kier alpha value is -2.09. The molecule has 0 heterocycles. The van der Waals surface area contributed by atoms with Crippen LogP contribution in [0.2, 0.25) is 0 Å². The van der Waals surface area contributed by atoms with Gasteiger partial charge in [-0.05, 0) is 85.6 Å². The molecule has 150 valence electrons. The lowest BCUT2D eigenvalue weighted by molar-refractivity contribution is 0.309. The SMILES string of the molecule is CCCCOc1ccc(-c2ccc([C@H]3CC[C@H](CCC=CF)CC3)cc2)cc1. The lowest BCUT2D eigenvalue weighted by atomic mass is 9.77. The van der Waals surface area contributed by atoms with Gasteiger partial charge < -0.3 is 4.74 Å². The highest BCUT2D eigenvalue weighted by Gasteiger charge is 2.21. The minimum atomic E-state index is 0.677. The first-order valence-corrected chi connectivity index (χ1v) is 10.9. The van der Waals surface area contributed by atoms with Crippen molar-refractivity contribution in [2.45, 2.75) is 64.2 Å². The molecule has 2 aromatic carbocycles. The van der Waals surface area contributed by atoms with E-state index in [1.54, 1.807) is 6.08 Å². The Morgan fingerprint density at radius 1 is 0.929 bits per heavy atom. The molecule has 1 nitrogen and oxygen atoms in total. The van der Waals surface area contributed by atoms with Crippen molar-refractivity contribution in [3.8, 4) is 16.9 Å². The van der Waals surface area contributed by atoms with Gasteiger partial charge in [0.1, 0.15) is 5.75 Å². The highest BCUT2D eigenvalue weighted by molar-refractivity contribution is 5.64. The van der Waals surface area contributed by atoms with Crippen molar-refractivity contribution < 1.29 is 9.13 Å². The molecular formula is C26H33FO. The first kappa shape index (κ1) is 20.6. The van der Waals surface area contributed by atoms with Crippen LogP contribution in [0.25, 0.3) is 11.1 Å². The van der Waals surface area contributed by atoms with Crippen LogP contribution in [0, 0.1) is 5.92 Å². The normalized spacial score (nSPS) is 19.8. The highest BCUT2D eigenvalue weighted by Crippen LogP contribution is 2.38. The van der Waals surface area contributed by atoms with Gasteiger partial charge in [-0.25, -0.2) is 4.39 Å². The van der Waals surface area contributed by atoms with Crippen molar-refractivity contribution in [2.75, 3.05) is 6.61 Å². The molecule has 0 saturated heterocycles. The number of unbranched alkanes of at least 4 members (excludes halogenated alkanes) is 1. The van der Waals surface area contributed by atoms with Gasteiger partial charge >= 0.3 is 0 Å². The van der Waals surface area contributed by atoms with Crippen LogP contribution in [0.15, 0.2) is 60.9 Å². The maximum atomic E-state index is 12.1. The molecule has 28 heavy (non-hydrogen) atoms. The molecule has 0 radical (unpaired) electrons. The number of allylic oxidation sites excluding steroid dienone is 1. The molecule has 2 aromatic rings. The molecule has 0 unspecified atom stereocenters. The van der Waals surface area contributed by atoms with Crippen LogP contribution < -0.4 is 4.74 Å². The summed E-state index contributed by atoms with van der Waals surface area (Å²) in [6, 6.07) is 17.5. The van der Waals surface area contributed by atoms with Crippen LogP contribution in [0.1, 0.15) is 69.8 Å². The molecular weight excluding hydrogens is 347 g/mol. The molecule has 0 amide bonds. The fraction of sp³-hybridized carbons (Fsp3) is 0.462. The highest BCUT2D eigenvalue weighted by atomic mass is 19.1. The molecule has 0 spiro atoms. The van der Waals surface area contributed by atoms with Crippen molar-refractivity contribution in [2.24, 2.45) is 5.92 Å². The molecule has 2 heteroatoms. The zero-order valence-corrected chi connectivity index (χ0v) is 17.1. The van der Waals surface area contributed by atoms with Gasteiger partial charge in [0.05, 0.1) is 12.9 Å². The molecule has 0 atom stereocenters. The van der Waals surface area contributed by atoms with Crippen LogP contribution in [-0.4, -0.2) is 6.61 Å². The summed E-state index contributed by atoms with van der Waals surface area (Å²) in [5.74, 6) is 2.40. The minimum absolute atomic E-state index is 0.677. The van der Waals surface area contributed by atoms with Gasteiger partial charge in [-0.2, -0.15) is 0 Å². The Labute approximate surface area is 169 Å². The Morgan fingerprint density at radius 3 is 2.18 bits per heavy atom. The zero-order valence-electron chi connectivity index (χ0n) is 17.1. The van der Waals surface area contributed by atoms with Gasteiger partial charge in [-0.15, -0.1) is 0 Å². The monoisotopic (exact) mass is 380 g/mol. The number of ether oxygens (including phenoxy) is 1. The van der Waals surface area contributed by atoms with Crippen LogP contribution in [0.5, 0.6) is 5.75 Å². The van der Waals surface area contributed by atoms with Crippen molar-refractivity contribution in [1.82, 2.24) is 0 Å². The number of rotatable bonds is 9. The summed E-state index contributed by atoms with van der Waals surface area (Å²) in [7, 11) is 0. The van der Waals surface area contributed by atoms with Gasteiger partial charge in [0.2, 0.25) is 0 Å². The molecule has 1 saturated carbocycles. The Kier molecular flexibility index (Phi) is 8.14. The molecule has 1 fully saturated rings. The van der Waals surface area contributed by atoms with E-state index >= 15 is 0 Å². The predicted octanol–water partition coefficient (Wildman–Crippen LogP) is 8.07. The molecule has 1 aliphatic rings. The Balaban J connectivity index is 1.52. The number of halogens is 1. The molecule has 0 aromatic heterocycles. The van der Waals surface area contributed by atoms with Gasteiger partial charge in [-0.1, -0.05) is 55.8 Å². The lowest BCUT2D eigenvalue weighted by Crippen LogP contribution is -2.13. The van der Waals surface area contributed by atoms with Gasteiger partial charge in [-0.3, -0.25) is 0 Å². The second kappa shape index (κ2) is 11.0. The van der Waals surface area contributed by atoms with Gasteiger partial charge in [0.25, 0.3) is 0 Å². The summed E-state index contributed by atoms with van der Waals surface area (Å²) >= 11 is 0. The number of hydrogen-bond donors (Lipinski definition) is 0. The summed E-state index contributed by atoms with van der Waals surface area (Å²) < 4.78 is 17.8. The average molecular weight is 381 g/mol. The fourth-order valence-electron chi connectivity index (χ4n) is 4.21. The van der Waals surface area contributed by atoms with E-state index < -0.39 is 0 Å². The average Bonchev–Trinajstić information content (AvgIpc) is 2.75. The van der Waals surface area contributed by atoms with Crippen molar-refractivity contribution >= 4 is 0 Å². The Morgan fingerprint density at radius 2 is 1.57 bits per heavy atom. The third-order valence-corrected chi connectivity index (χ3v) is 6.01. The van der Waals surface area contributed by atoms with Crippen molar-refractivity contribution in [3.05, 3.63) is 66.5 Å². The van der Waals surface area contributed by atoms with E-state index in [4.69, 9.17) is 4.74 Å². The number of hydrogen-bond acceptors (Lipinski definition) is 1. The van der Waals surface area contributed by atoms with Gasteiger partial charge in [0, 0.05) is 0 Å². The summed E-state index contributed by atoms with van der Waals surface area (Å²) in [6.45, 7) is 2.97. The quantitative estimate of drug-likeness (QED) is 0.400. The van der Waals surface area contributed by atoms with Crippen LogP contribution in [-0.2, 0) is 0 Å². The van der Waals surface area contributed by atoms with Gasteiger partial charge in [0.15, 0.2) is 0 Å². The summed E-state index contributed by atoms with van der Waals surface area (Å²) in [4.78, 5) is 0. The molecule has 0 aliphatic heterocycles. The van der Waals surface area contributed by atoms with E-state index in [2.05, 4.69) is 55.5 Å². The van der Waals surface area contributed by atoms with Crippen molar-refractivity contribution in [1.29, 1.82) is 0 Å². The standard InChI is InChI=1S/C26H33FO/c1-2-3-20-28-26-17-15-25(16-18-26)24-13-11-23(12-14-24)22-9-7-21(8-10-22)6-4-5-19-27/h5,11-19,21-22H,2-4,6-10,20H2,1H3/t21-,22-. The number of benzene rings is 2. The minimum Gasteiger partial charge on any atom is -0.494 e. The van der Waals surface area contributed by atoms with E-state index in [9.17, 15) is 4.39 Å². The van der Waals surface area contributed by atoms with Crippen LogP contribution in [0.4, 0.5) is 4.39 Å².